The number of amides is 1. The van der Waals surface area contributed by atoms with Crippen molar-refractivity contribution in [2.45, 2.75) is 30.8 Å². The van der Waals surface area contributed by atoms with Gasteiger partial charge in [-0.25, -0.2) is 8.42 Å². The molecule has 1 amide bonds. The van der Waals surface area contributed by atoms with Crippen molar-refractivity contribution in [3.05, 3.63) is 89.6 Å². The maximum atomic E-state index is 13.3. The lowest BCUT2D eigenvalue weighted by molar-refractivity contribution is -0.122. The van der Waals surface area contributed by atoms with Crippen molar-refractivity contribution in [2.24, 2.45) is 0 Å². The van der Waals surface area contributed by atoms with Crippen LogP contribution in [-0.4, -0.2) is 32.1 Å². The molecule has 9 heteroatoms. The van der Waals surface area contributed by atoms with E-state index in [9.17, 15) is 13.2 Å². The Morgan fingerprint density at radius 3 is 2.71 bits per heavy atom. The number of fused-ring (bicyclic) bond motifs is 2. The molecule has 2 heterocycles. The predicted octanol–water partition coefficient (Wildman–Crippen LogP) is 3.41. The Labute approximate surface area is 203 Å². The minimum atomic E-state index is -3.93. The molecule has 0 fully saturated rings. The second-order valence-corrected chi connectivity index (χ2v) is 10.2. The van der Waals surface area contributed by atoms with Crippen molar-refractivity contribution >= 4 is 26.8 Å². The minimum absolute atomic E-state index is 0.116. The van der Waals surface area contributed by atoms with Crippen molar-refractivity contribution in [1.82, 2.24) is 15.0 Å². The lowest BCUT2D eigenvalue weighted by Gasteiger charge is -2.19. The van der Waals surface area contributed by atoms with Crippen molar-refractivity contribution in [1.29, 1.82) is 0 Å². The summed E-state index contributed by atoms with van der Waals surface area (Å²) in [7, 11) is -3.93. The largest absolute Gasteiger partial charge is 0.454 e. The van der Waals surface area contributed by atoms with Crippen LogP contribution < -0.4 is 19.5 Å². The number of benzene rings is 3. The summed E-state index contributed by atoms with van der Waals surface area (Å²) in [5.41, 5.74) is 3.39. The Bertz CT molecular complexity index is 1500. The molecule has 4 aromatic rings. The molecule has 1 aromatic heterocycles. The maximum absolute atomic E-state index is 13.3. The summed E-state index contributed by atoms with van der Waals surface area (Å²) < 4.78 is 39.7. The number of H-pyrrole nitrogens is 1. The second kappa shape index (κ2) is 9.44. The van der Waals surface area contributed by atoms with Crippen molar-refractivity contribution in [3.63, 3.8) is 0 Å². The van der Waals surface area contributed by atoms with Crippen LogP contribution in [0.15, 0.2) is 77.8 Å². The summed E-state index contributed by atoms with van der Waals surface area (Å²) >= 11 is 0. The van der Waals surface area contributed by atoms with Crippen LogP contribution in [0.5, 0.6) is 11.5 Å². The van der Waals surface area contributed by atoms with Gasteiger partial charge >= 0.3 is 0 Å². The zero-order valence-corrected chi connectivity index (χ0v) is 19.9. The van der Waals surface area contributed by atoms with Crippen LogP contribution in [0.2, 0.25) is 0 Å². The van der Waals surface area contributed by atoms with Gasteiger partial charge in [-0.3, -0.25) is 4.79 Å². The van der Waals surface area contributed by atoms with Gasteiger partial charge in [-0.05, 0) is 60.4 Å². The number of aromatic amines is 1. The van der Waals surface area contributed by atoms with E-state index in [-0.39, 0.29) is 24.7 Å². The van der Waals surface area contributed by atoms with E-state index in [2.05, 4.69) is 15.0 Å². The van der Waals surface area contributed by atoms with E-state index in [0.29, 0.717) is 11.5 Å². The van der Waals surface area contributed by atoms with Gasteiger partial charge < -0.3 is 19.8 Å². The van der Waals surface area contributed by atoms with Crippen LogP contribution >= 0.6 is 0 Å². The summed E-state index contributed by atoms with van der Waals surface area (Å²) in [6.07, 6.45) is 1.99. The molecule has 3 aromatic carbocycles. The normalized spacial score (nSPS) is 13.6. The molecule has 0 bridgehead atoms. The van der Waals surface area contributed by atoms with Gasteiger partial charge in [-0.15, -0.1) is 0 Å². The van der Waals surface area contributed by atoms with Crippen LogP contribution in [0, 0.1) is 6.92 Å². The number of sulfonamides is 1. The number of para-hydroxylation sites is 1. The van der Waals surface area contributed by atoms with Gasteiger partial charge in [0.2, 0.25) is 22.7 Å². The lowest BCUT2D eigenvalue weighted by Crippen LogP contribution is -2.47. The van der Waals surface area contributed by atoms with Crippen molar-refractivity contribution < 1.29 is 22.7 Å². The van der Waals surface area contributed by atoms with Gasteiger partial charge in [0.15, 0.2) is 11.5 Å². The van der Waals surface area contributed by atoms with Gasteiger partial charge in [0, 0.05) is 23.6 Å². The third kappa shape index (κ3) is 5.01. The fourth-order valence-corrected chi connectivity index (χ4v) is 5.41. The first kappa shape index (κ1) is 22.9. The number of hydrogen-bond acceptors (Lipinski definition) is 5. The quantitative estimate of drug-likeness (QED) is 0.350. The number of ether oxygens (including phenoxy) is 2. The maximum Gasteiger partial charge on any atom is 0.241 e. The van der Waals surface area contributed by atoms with E-state index < -0.39 is 22.0 Å². The fraction of sp³-hybridized carbons (Fsp3) is 0.192. The molecular formula is C26H25N3O5S. The number of aryl methyl sites for hydroxylation is 1. The van der Waals surface area contributed by atoms with Gasteiger partial charge in [0.05, 0.1) is 4.90 Å². The first-order valence-corrected chi connectivity index (χ1v) is 12.7. The monoisotopic (exact) mass is 491 g/mol. The molecule has 1 aliphatic rings. The van der Waals surface area contributed by atoms with Crippen molar-refractivity contribution in [2.75, 3.05) is 6.79 Å². The minimum Gasteiger partial charge on any atom is -0.454 e. The highest BCUT2D eigenvalue weighted by molar-refractivity contribution is 7.89. The summed E-state index contributed by atoms with van der Waals surface area (Å²) in [6.45, 7) is 2.20. The van der Waals surface area contributed by atoms with Crippen LogP contribution in [0.3, 0.4) is 0 Å². The highest BCUT2D eigenvalue weighted by atomic mass is 32.2. The van der Waals surface area contributed by atoms with E-state index in [1.165, 1.54) is 6.07 Å². The molecular weight excluding hydrogens is 466 g/mol. The molecule has 1 atom stereocenters. The topological polar surface area (TPSA) is 110 Å². The molecule has 0 spiro atoms. The Morgan fingerprint density at radius 2 is 1.86 bits per heavy atom. The van der Waals surface area contributed by atoms with Gasteiger partial charge in [-0.1, -0.05) is 36.4 Å². The Balaban J connectivity index is 1.39. The molecule has 1 aliphatic heterocycles. The average Bonchev–Trinajstić information content (AvgIpc) is 3.49. The molecule has 0 saturated carbocycles. The summed E-state index contributed by atoms with van der Waals surface area (Å²) in [6, 6.07) is 18.7. The summed E-state index contributed by atoms with van der Waals surface area (Å²) in [5.74, 6) is 0.847. The first-order valence-electron chi connectivity index (χ1n) is 11.2. The molecule has 3 N–H and O–H groups in total. The van der Waals surface area contributed by atoms with Crippen LogP contribution in [-0.2, 0) is 27.8 Å². The smallest absolute Gasteiger partial charge is 0.241 e. The highest BCUT2D eigenvalue weighted by Crippen LogP contribution is 2.32. The van der Waals surface area contributed by atoms with Gasteiger partial charge in [0.1, 0.15) is 6.04 Å². The number of hydrogen-bond donors (Lipinski definition) is 3. The van der Waals surface area contributed by atoms with E-state index in [1.807, 2.05) is 49.5 Å². The third-order valence-corrected chi connectivity index (χ3v) is 7.39. The molecule has 0 saturated heterocycles. The number of carbonyl (C=O) groups excluding carboxylic acids is 1. The van der Waals surface area contributed by atoms with Gasteiger partial charge in [0.25, 0.3) is 0 Å². The van der Waals surface area contributed by atoms with Crippen LogP contribution in [0.1, 0.15) is 16.7 Å². The van der Waals surface area contributed by atoms with Crippen LogP contribution in [0.25, 0.3) is 10.9 Å². The van der Waals surface area contributed by atoms with E-state index in [4.69, 9.17) is 9.47 Å². The average molecular weight is 492 g/mol. The Kier molecular flexibility index (Phi) is 6.19. The SMILES string of the molecule is Cc1cccc(S(=O)(=O)N[C@H](Cc2c[nH]c3ccccc23)C(=O)NCc2ccc3c(c2)OCO3)c1. The second-order valence-electron chi connectivity index (χ2n) is 8.46. The van der Waals surface area contributed by atoms with E-state index in [0.717, 1.165) is 27.6 Å². The fourth-order valence-electron chi connectivity index (χ4n) is 4.11. The van der Waals surface area contributed by atoms with E-state index in [1.54, 1.807) is 24.3 Å². The number of carbonyl (C=O) groups is 1. The summed E-state index contributed by atoms with van der Waals surface area (Å²) in [4.78, 5) is 16.6. The van der Waals surface area contributed by atoms with E-state index >= 15 is 0 Å². The zero-order chi connectivity index (χ0) is 24.4. The number of aromatic nitrogens is 1. The molecule has 0 aliphatic carbocycles. The Hall–Kier alpha value is -3.82. The molecule has 8 nitrogen and oxygen atoms in total. The standard InChI is InChI=1S/C26H25N3O5S/c1-17-5-4-6-20(11-17)35(31,32)29-23(13-19-15-27-22-8-3-2-7-21(19)22)26(30)28-14-18-9-10-24-25(12-18)34-16-33-24/h2-12,15,23,27,29H,13-14,16H2,1H3,(H,28,30)/t23-/m1/s1. The van der Waals surface area contributed by atoms with Crippen molar-refractivity contribution in [3.8, 4) is 11.5 Å². The third-order valence-electron chi connectivity index (χ3n) is 5.92. The molecule has 180 valence electrons. The molecule has 35 heavy (non-hydrogen) atoms. The molecule has 0 unspecified atom stereocenters. The number of rotatable bonds is 8. The molecule has 5 rings (SSSR count). The zero-order valence-electron chi connectivity index (χ0n) is 19.1. The highest BCUT2D eigenvalue weighted by Gasteiger charge is 2.27. The summed E-state index contributed by atoms with van der Waals surface area (Å²) in [5, 5.41) is 3.80. The van der Waals surface area contributed by atoms with Gasteiger partial charge in [-0.2, -0.15) is 4.72 Å². The first-order chi connectivity index (χ1) is 16.9. The Morgan fingerprint density at radius 1 is 1.03 bits per heavy atom. The number of nitrogens with one attached hydrogen (secondary N) is 3. The molecule has 0 radical (unpaired) electrons. The predicted molar refractivity (Wildman–Crippen MR) is 132 cm³/mol. The lowest BCUT2D eigenvalue weighted by atomic mass is 10.0. The van der Waals surface area contributed by atoms with Crippen LogP contribution in [0.4, 0.5) is 0 Å².